The fraction of sp³-hybridized carbons (Fsp3) is 0.722. The van der Waals surface area contributed by atoms with Gasteiger partial charge in [0.25, 0.3) is 5.91 Å². The summed E-state index contributed by atoms with van der Waals surface area (Å²) in [6.07, 6.45) is 5.79. The van der Waals surface area contributed by atoms with Crippen LogP contribution in [-0.4, -0.2) is 41.3 Å². The number of nitrogens with zero attached hydrogens (tertiary/aromatic N) is 2. The maximum Gasteiger partial charge on any atom is 0.265 e. The molecule has 3 fully saturated rings. The van der Waals surface area contributed by atoms with Gasteiger partial charge in [-0.3, -0.25) is 9.59 Å². The van der Waals surface area contributed by atoms with Gasteiger partial charge in [-0.2, -0.15) is 0 Å². The predicted octanol–water partition coefficient (Wildman–Crippen LogP) is 2.53. The Hall–Kier alpha value is -1.43. The van der Waals surface area contributed by atoms with Crippen molar-refractivity contribution in [1.29, 1.82) is 0 Å². The molecule has 0 aromatic carbocycles. The highest BCUT2D eigenvalue weighted by Crippen LogP contribution is 2.52. The lowest BCUT2D eigenvalue weighted by atomic mass is 9.62. The molecule has 1 aromatic rings. The van der Waals surface area contributed by atoms with Gasteiger partial charge in [-0.1, -0.05) is 6.42 Å². The van der Waals surface area contributed by atoms with Crippen LogP contribution in [0.2, 0.25) is 0 Å². The molecule has 1 unspecified atom stereocenters. The molecule has 1 N–H and O–H groups in total. The molecule has 2 aliphatic carbocycles. The number of amides is 2. The first-order valence-electron chi connectivity index (χ1n) is 8.99. The van der Waals surface area contributed by atoms with Crippen molar-refractivity contribution in [1.82, 2.24) is 15.2 Å². The molecule has 6 heteroatoms. The lowest BCUT2D eigenvalue weighted by Gasteiger charge is -2.41. The number of likely N-dealkylation sites (tertiary alicyclic amines) is 1. The van der Waals surface area contributed by atoms with Crippen molar-refractivity contribution in [3.63, 3.8) is 0 Å². The van der Waals surface area contributed by atoms with Crippen LogP contribution in [-0.2, 0) is 4.79 Å². The van der Waals surface area contributed by atoms with Crippen molar-refractivity contribution >= 4 is 23.2 Å². The normalized spacial score (nSPS) is 24.9. The van der Waals surface area contributed by atoms with Gasteiger partial charge in [-0.25, -0.2) is 4.98 Å². The Morgan fingerprint density at radius 3 is 2.62 bits per heavy atom. The van der Waals surface area contributed by atoms with E-state index in [9.17, 15) is 9.59 Å². The van der Waals surface area contributed by atoms with Crippen molar-refractivity contribution in [2.45, 2.75) is 46.0 Å². The zero-order chi connectivity index (χ0) is 16.9. The predicted molar refractivity (Wildman–Crippen MR) is 93.0 cm³/mol. The third-order valence-electron chi connectivity index (χ3n) is 5.96. The second-order valence-electron chi connectivity index (χ2n) is 7.79. The highest BCUT2D eigenvalue weighted by atomic mass is 32.1. The van der Waals surface area contributed by atoms with Crippen LogP contribution in [0.4, 0.5) is 0 Å². The second kappa shape index (κ2) is 5.83. The van der Waals surface area contributed by atoms with Crippen LogP contribution in [0.15, 0.2) is 0 Å². The van der Waals surface area contributed by atoms with Gasteiger partial charge in [-0.15, -0.1) is 11.3 Å². The van der Waals surface area contributed by atoms with E-state index in [0.29, 0.717) is 12.5 Å². The highest BCUT2D eigenvalue weighted by Gasteiger charge is 2.54. The summed E-state index contributed by atoms with van der Waals surface area (Å²) in [5.41, 5.74) is 0.837. The number of nitrogens with one attached hydrogen (secondary N) is 1. The summed E-state index contributed by atoms with van der Waals surface area (Å²) < 4.78 is 0. The fourth-order valence-electron chi connectivity index (χ4n) is 4.19. The minimum atomic E-state index is -0.0386. The van der Waals surface area contributed by atoms with Gasteiger partial charge < -0.3 is 10.2 Å². The molecule has 1 spiro atoms. The topological polar surface area (TPSA) is 62.3 Å². The number of aryl methyl sites for hydroxylation is 2. The molecule has 1 aromatic heterocycles. The summed E-state index contributed by atoms with van der Waals surface area (Å²) in [7, 11) is 0. The zero-order valence-corrected chi connectivity index (χ0v) is 15.2. The number of thiazole rings is 1. The summed E-state index contributed by atoms with van der Waals surface area (Å²) in [6.45, 7) is 5.92. The molecule has 5 nitrogen and oxygen atoms in total. The smallest absolute Gasteiger partial charge is 0.265 e. The minimum absolute atomic E-state index is 0.0247. The van der Waals surface area contributed by atoms with Crippen LogP contribution in [0.3, 0.4) is 0 Å². The Balaban J connectivity index is 1.49. The van der Waals surface area contributed by atoms with E-state index < -0.39 is 0 Å². The summed E-state index contributed by atoms with van der Waals surface area (Å²) in [4.78, 5) is 32.6. The Labute approximate surface area is 146 Å². The number of carbonyl (C=O) groups is 2. The van der Waals surface area contributed by atoms with Crippen LogP contribution in [0.1, 0.15) is 52.5 Å². The van der Waals surface area contributed by atoms with Gasteiger partial charge in [0.2, 0.25) is 5.91 Å². The third-order valence-corrected chi connectivity index (χ3v) is 7.02. The van der Waals surface area contributed by atoms with Gasteiger partial charge in [0.05, 0.1) is 16.6 Å². The van der Waals surface area contributed by atoms with Gasteiger partial charge in [0, 0.05) is 25.0 Å². The van der Waals surface area contributed by atoms with E-state index in [1.165, 1.54) is 30.6 Å². The fourth-order valence-corrected chi connectivity index (χ4v) is 5.07. The molecule has 4 rings (SSSR count). The van der Waals surface area contributed by atoms with Crippen LogP contribution in [0.5, 0.6) is 0 Å². The first-order chi connectivity index (χ1) is 11.5. The summed E-state index contributed by atoms with van der Waals surface area (Å²) in [5, 5.41) is 4.06. The monoisotopic (exact) mass is 347 g/mol. The molecule has 1 atom stereocenters. The maximum atomic E-state index is 12.9. The van der Waals surface area contributed by atoms with Crippen LogP contribution in [0.25, 0.3) is 0 Å². The lowest BCUT2D eigenvalue weighted by molar-refractivity contribution is -0.129. The van der Waals surface area contributed by atoms with Crippen LogP contribution < -0.4 is 5.32 Å². The highest BCUT2D eigenvalue weighted by molar-refractivity contribution is 7.13. The molecule has 1 saturated heterocycles. The van der Waals surface area contributed by atoms with E-state index in [0.717, 1.165) is 41.5 Å². The largest absolute Gasteiger partial charge is 0.356 e. The Morgan fingerprint density at radius 2 is 2.08 bits per heavy atom. The Morgan fingerprint density at radius 1 is 1.33 bits per heavy atom. The van der Waals surface area contributed by atoms with Crippen LogP contribution in [0, 0.1) is 31.1 Å². The lowest BCUT2D eigenvalue weighted by Crippen LogP contribution is -2.45. The average molecular weight is 347 g/mol. The number of hydrogen-bond acceptors (Lipinski definition) is 4. The SMILES string of the molecule is Cc1nc(C)c(C(=O)N2CC(C(=O)NCC3CC3)C3(CCC3)C2)s1. The van der Waals surface area contributed by atoms with Crippen molar-refractivity contribution in [3.05, 3.63) is 15.6 Å². The molecule has 1 aliphatic heterocycles. The van der Waals surface area contributed by atoms with E-state index in [-0.39, 0.29) is 23.1 Å². The van der Waals surface area contributed by atoms with E-state index in [1.54, 1.807) is 0 Å². The molecule has 2 heterocycles. The summed E-state index contributed by atoms with van der Waals surface area (Å²) in [5.74, 6) is 0.868. The van der Waals surface area contributed by atoms with Gasteiger partial charge in [0.15, 0.2) is 0 Å². The second-order valence-corrected chi connectivity index (χ2v) is 8.99. The van der Waals surface area contributed by atoms with Crippen molar-refractivity contribution in [2.24, 2.45) is 17.3 Å². The van der Waals surface area contributed by atoms with Crippen molar-refractivity contribution in [3.8, 4) is 0 Å². The van der Waals surface area contributed by atoms with E-state index >= 15 is 0 Å². The molecule has 3 aliphatic rings. The first kappa shape index (κ1) is 16.1. The number of rotatable bonds is 4. The molecule has 0 bridgehead atoms. The molecule has 24 heavy (non-hydrogen) atoms. The third kappa shape index (κ3) is 2.75. The van der Waals surface area contributed by atoms with E-state index in [1.807, 2.05) is 18.7 Å². The van der Waals surface area contributed by atoms with Gasteiger partial charge in [-0.05, 0) is 45.4 Å². The van der Waals surface area contributed by atoms with E-state index in [2.05, 4.69) is 10.3 Å². The maximum absolute atomic E-state index is 12.9. The molecular weight excluding hydrogens is 322 g/mol. The molecule has 0 radical (unpaired) electrons. The van der Waals surface area contributed by atoms with Crippen molar-refractivity contribution < 1.29 is 9.59 Å². The summed E-state index contributed by atoms with van der Waals surface area (Å²) in [6, 6.07) is 0. The molecule has 130 valence electrons. The first-order valence-corrected chi connectivity index (χ1v) is 9.81. The molecule has 2 amide bonds. The average Bonchev–Trinajstić information content (AvgIpc) is 3.14. The number of aromatic nitrogens is 1. The number of carbonyl (C=O) groups excluding carboxylic acids is 2. The van der Waals surface area contributed by atoms with E-state index in [4.69, 9.17) is 0 Å². The van der Waals surface area contributed by atoms with Crippen molar-refractivity contribution in [2.75, 3.05) is 19.6 Å². The minimum Gasteiger partial charge on any atom is -0.356 e. The Bertz CT molecular complexity index is 676. The van der Waals surface area contributed by atoms with Crippen LogP contribution >= 0.6 is 11.3 Å². The van der Waals surface area contributed by atoms with Gasteiger partial charge >= 0.3 is 0 Å². The standard InChI is InChI=1S/C18H25N3O2S/c1-11-15(24-12(2)20-11)17(23)21-9-14(18(10-21)6-3-7-18)16(22)19-8-13-4-5-13/h13-14H,3-10H2,1-2H3,(H,19,22). The molecule has 2 saturated carbocycles. The zero-order valence-electron chi connectivity index (χ0n) is 14.4. The number of hydrogen-bond donors (Lipinski definition) is 1. The quantitative estimate of drug-likeness (QED) is 0.910. The van der Waals surface area contributed by atoms with Gasteiger partial charge in [0.1, 0.15) is 4.88 Å². The Kier molecular flexibility index (Phi) is 3.90. The summed E-state index contributed by atoms with van der Waals surface area (Å²) >= 11 is 1.46. The molecular formula is C18H25N3O2S.